The Morgan fingerprint density at radius 1 is 1.17 bits per heavy atom. The van der Waals surface area contributed by atoms with Crippen molar-refractivity contribution in [2.45, 2.75) is 19.9 Å². The average Bonchev–Trinajstić information content (AvgIpc) is 2.55. The molecule has 122 valence electrons. The van der Waals surface area contributed by atoms with E-state index in [9.17, 15) is 0 Å². The first-order chi connectivity index (χ1) is 11.2. The van der Waals surface area contributed by atoms with E-state index in [4.69, 9.17) is 23.2 Å². The predicted molar refractivity (Wildman–Crippen MR) is 97.2 cm³/mol. The Labute approximate surface area is 146 Å². The monoisotopic (exact) mass is 350 g/mol. The Hall–Kier alpha value is -1.78. The van der Waals surface area contributed by atoms with Gasteiger partial charge in [0.2, 0.25) is 0 Å². The van der Waals surface area contributed by atoms with Gasteiger partial charge in [0.25, 0.3) is 0 Å². The van der Waals surface area contributed by atoms with Crippen LogP contribution >= 0.6 is 23.2 Å². The molecular formula is C17H20Cl2N4. The quantitative estimate of drug-likeness (QED) is 0.617. The van der Waals surface area contributed by atoms with Gasteiger partial charge in [-0.05, 0) is 36.8 Å². The molecule has 4 nitrogen and oxygen atoms in total. The molecule has 2 aromatic rings. The summed E-state index contributed by atoms with van der Waals surface area (Å²) in [4.78, 5) is 8.86. The number of aliphatic imine (C=N–C) groups is 1. The van der Waals surface area contributed by atoms with Gasteiger partial charge >= 0.3 is 0 Å². The van der Waals surface area contributed by atoms with Crippen molar-refractivity contribution < 1.29 is 0 Å². The van der Waals surface area contributed by atoms with E-state index in [-0.39, 0.29) is 0 Å². The molecular weight excluding hydrogens is 331 g/mol. The van der Waals surface area contributed by atoms with Crippen molar-refractivity contribution >= 4 is 29.2 Å². The molecule has 0 aliphatic heterocycles. The molecule has 0 fully saturated rings. The summed E-state index contributed by atoms with van der Waals surface area (Å²) in [5, 5.41) is 7.78. The van der Waals surface area contributed by atoms with E-state index in [1.54, 1.807) is 12.3 Å². The minimum atomic E-state index is 0.495. The first kappa shape index (κ1) is 17.6. The van der Waals surface area contributed by atoms with Gasteiger partial charge in [0.05, 0.1) is 6.54 Å². The van der Waals surface area contributed by atoms with Crippen LogP contribution < -0.4 is 10.6 Å². The zero-order valence-electron chi connectivity index (χ0n) is 13.0. The highest BCUT2D eigenvalue weighted by Gasteiger charge is 2.02. The van der Waals surface area contributed by atoms with Crippen LogP contribution in [0.4, 0.5) is 0 Å². The minimum Gasteiger partial charge on any atom is -0.357 e. The number of hydrogen-bond donors (Lipinski definition) is 2. The molecule has 0 saturated carbocycles. The molecule has 1 heterocycles. The lowest BCUT2D eigenvalue weighted by molar-refractivity contribution is 0.788. The third kappa shape index (κ3) is 6.08. The van der Waals surface area contributed by atoms with E-state index in [0.717, 1.165) is 36.7 Å². The first-order valence-electron chi connectivity index (χ1n) is 7.55. The normalized spacial score (nSPS) is 11.3. The first-order valence-corrected chi connectivity index (χ1v) is 8.30. The van der Waals surface area contributed by atoms with E-state index < -0.39 is 0 Å². The van der Waals surface area contributed by atoms with Crippen LogP contribution in [0.15, 0.2) is 47.6 Å². The van der Waals surface area contributed by atoms with Crippen molar-refractivity contribution in [3.63, 3.8) is 0 Å². The standard InChI is InChI=1S/C17H20Cl2N4/c1-2-20-17(22-10-8-15-5-3-4-9-21-15)23-12-13-6-7-14(18)11-16(13)19/h3-7,9,11H,2,8,10,12H2,1H3,(H2,20,22,23). The molecule has 1 aromatic heterocycles. The summed E-state index contributed by atoms with van der Waals surface area (Å²) in [7, 11) is 0. The molecule has 1 aromatic carbocycles. The van der Waals surface area contributed by atoms with Crippen LogP contribution in [0, 0.1) is 0 Å². The summed E-state index contributed by atoms with van der Waals surface area (Å²) in [5.41, 5.74) is 1.99. The Bertz CT molecular complexity index is 644. The van der Waals surface area contributed by atoms with E-state index in [1.165, 1.54) is 0 Å². The predicted octanol–water partition coefficient (Wildman–Crippen LogP) is 3.69. The highest BCUT2D eigenvalue weighted by molar-refractivity contribution is 6.35. The molecule has 0 amide bonds. The molecule has 0 saturated heterocycles. The lowest BCUT2D eigenvalue weighted by Gasteiger charge is -2.11. The van der Waals surface area contributed by atoms with Crippen LogP contribution in [0.1, 0.15) is 18.2 Å². The van der Waals surface area contributed by atoms with Gasteiger partial charge in [0.1, 0.15) is 0 Å². The highest BCUT2D eigenvalue weighted by atomic mass is 35.5. The summed E-state index contributed by atoms with van der Waals surface area (Å²) >= 11 is 12.1. The maximum absolute atomic E-state index is 6.17. The van der Waals surface area contributed by atoms with Crippen molar-refractivity contribution in [1.82, 2.24) is 15.6 Å². The highest BCUT2D eigenvalue weighted by Crippen LogP contribution is 2.21. The Kier molecular flexibility index (Phi) is 7.17. The number of hydrogen-bond acceptors (Lipinski definition) is 2. The zero-order valence-corrected chi connectivity index (χ0v) is 14.5. The number of nitrogens with one attached hydrogen (secondary N) is 2. The van der Waals surface area contributed by atoms with Gasteiger partial charge in [-0.25, -0.2) is 4.99 Å². The minimum absolute atomic E-state index is 0.495. The van der Waals surface area contributed by atoms with Gasteiger partial charge in [-0.2, -0.15) is 0 Å². The second-order valence-corrected chi connectivity index (χ2v) is 5.77. The summed E-state index contributed by atoms with van der Waals surface area (Å²) in [5.74, 6) is 0.759. The van der Waals surface area contributed by atoms with Gasteiger partial charge in [-0.1, -0.05) is 35.3 Å². The van der Waals surface area contributed by atoms with Gasteiger partial charge < -0.3 is 10.6 Å². The second kappa shape index (κ2) is 9.38. The molecule has 0 aliphatic carbocycles. The molecule has 2 rings (SSSR count). The third-order valence-corrected chi connectivity index (χ3v) is 3.75. The third-order valence-electron chi connectivity index (χ3n) is 3.17. The fraction of sp³-hybridized carbons (Fsp3) is 0.294. The smallest absolute Gasteiger partial charge is 0.191 e. The van der Waals surface area contributed by atoms with Crippen LogP contribution in [0.5, 0.6) is 0 Å². The fourth-order valence-corrected chi connectivity index (χ4v) is 2.48. The number of rotatable bonds is 6. The molecule has 6 heteroatoms. The van der Waals surface area contributed by atoms with Crippen LogP contribution in [0.2, 0.25) is 10.0 Å². The Morgan fingerprint density at radius 2 is 2.04 bits per heavy atom. The lowest BCUT2D eigenvalue weighted by Crippen LogP contribution is -2.38. The molecule has 0 spiro atoms. The van der Waals surface area contributed by atoms with Crippen LogP contribution in [0.3, 0.4) is 0 Å². The maximum atomic E-state index is 6.17. The number of pyridine rings is 1. The van der Waals surface area contributed by atoms with Crippen molar-refractivity contribution in [3.05, 3.63) is 63.9 Å². The number of guanidine groups is 1. The Morgan fingerprint density at radius 3 is 2.74 bits per heavy atom. The number of nitrogens with zero attached hydrogens (tertiary/aromatic N) is 2. The lowest BCUT2D eigenvalue weighted by atomic mass is 10.2. The summed E-state index contributed by atoms with van der Waals surface area (Å²) in [6.07, 6.45) is 2.64. The summed E-state index contributed by atoms with van der Waals surface area (Å²) in [6.45, 7) is 4.08. The molecule has 0 bridgehead atoms. The van der Waals surface area contributed by atoms with Gasteiger partial charge in [0.15, 0.2) is 5.96 Å². The number of benzene rings is 1. The largest absolute Gasteiger partial charge is 0.357 e. The Balaban J connectivity index is 1.91. The maximum Gasteiger partial charge on any atom is 0.191 e. The molecule has 0 atom stereocenters. The number of halogens is 2. The molecule has 0 aliphatic rings. The number of aromatic nitrogens is 1. The topological polar surface area (TPSA) is 49.3 Å². The molecule has 0 unspecified atom stereocenters. The molecule has 0 radical (unpaired) electrons. The van der Waals surface area contributed by atoms with Gasteiger partial charge in [0, 0.05) is 41.4 Å². The second-order valence-electron chi connectivity index (χ2n) is 4.93. The molecule has 23 heavy (non-hydrogen) atoms. The van der Waals surface area contributed by atoms with E-state index in [1.807, 2.05) is 37.3 Å². The van der Waals surface area contributed by atoms with Crippen molar-refractivity contribution in [3.8, 4) is 0 Å². The molecule has 2 N–H and O–H groups in total. The van der Waals surface area contributed by atoms with Crippen molar-refractivity contribution in [2.24, 2.45) is 4.99 Å². The van der Waals surface area contributed by atoms with Crippen LogP contribution in [-0.4, -0.2) is 24.0 Å². The SMILES string of the molecule is CCNC(=NCc1ccc(Cl)cc1Cl)NCCc1ccccn1. The van der Waals surface area contributed by atoms with E-state index in [2.05, 4.69) is 20.6 Å². The van der Waals surface area contributed by atoms with Gasteiger partial charge in [-0.15, -0.1) is 0 Å². The van der Waals surface area contributed by atoms with E-state index in [0.29, 0.717) is 16.6 Å². The summed E-state index contributed by atoms with van der Waals surface area (Å²) in [6, 6.07) is 11.4. The average molecular weight is 351 g/mol. The van der Waals surface area contributed by atoms with Crippen LogP contribution in [-0.2, 0) is 13.0 Å². The summed E-state index contributed by atoms with van der Waals surface area (Å²) < 4.78 is 0. The van der Waals surface area contributed by atoms with E-state index >= 15 is 0 Å². The van der Waals surface area contributed by atoms with Gasteiger partial charge in [-0.3, -0.25) is 4.98 Å². The van der Waals surface area contributed by atoms with Crippen LogP contribution in [0.25, 0.3) is 0 Å². The van der Waals surface area contributed by atoms with Crippen molar-refractivity contribution in [2.75, 3.05) is 13.1 Å². The zero-order chi connectivity index (χ0) is 16.5. The van der Waals surface area contributed by atoms with Crippen molar-refractivity contribution in [1.29, 1.82) is 0 Å². The fourth-order valence-electron chi connectivity index (χ4n) is 2.01.